The molecule has 0 aliphatic heterocycles. The van der Waals surface area contributed by atoms with Gasteiger partial charge in [0.15, 0.2) is 5.76 Å². The summed E-state index contributed by atoms with van der Waals surface area (Å²) >= 11 is 0. The number of ether oxygens (including phenoxy) is 1. The molecule has 0 unspecified atom stereocenters. The van der Waals surface area contributed by atoms with Gasteiger partial charge in [0.25, 0.3) is 0 Å². The number of hydrogen-bond donors (Lipinski definition) is 0. The lowest BCUT2D eigenvalue weighted by molar-refractivity contribution is 0.244. The Morgan fingerprint density at radius 3 is 2.15 bits per heavy atom. The van der Waals surface area contributed by atoms with Crippen LogP contribution in [0.5, 0.6) is 0 Å². The Labute approximate surface area is 120 Å². The number of rotatable bonds is 5. The number of hydrogen-bond acceptors (Lipinski definition) is 1. The second kappa shape index (κ2) is 7.83. The van der Waals surface area contributed by atoms with Crippen molar-refractivity contribution < 1.29 is 4.74 Å². The van der Waals surface area contributed by atoms with E-state index in [4.69, 9.17) is 4.74 Å². The molecule has 0 saturated heterocycles. The monoisotopic (exact) mass is 262 g/mol. The summed E-state index contributed by atoms with van der Waals surface area (Å²) in [6, 6.07) is 20.2. The molecule has 20 heavy (non-hydrogen) atoms. The van der Waals surface area contributed by atoms with Gasteiger partial charge >= 0.3 is 0 Å². The summed E-state index contributed by atoms with van der Waals surface area (Å²) in [6.07, 6.45) is 5.90. The molecular weight excluding hydrogens is 244 g/mol. The van der Waals surface area contributed by atoms with Crippen molar-refractivity contribution in [1.82, 2.24) is 0 Å². The fourth-order valence-electron chi connectivity index (χ4n) is 1.73. The fraction of sp³-hybridized carbons (Fsp3) is 0.105. The molecule has 0 aliphatic rings. The molecule has 0 amide bonds. The van der Waals surface area contributed by atoms with Gasteiger partial charge in [0.05, 0.1) is 6.61 Å². The van der Waals surface area contributed by atoms with E-state index >= 15 is 0 Å². The first-order valence-corrected chi connectivity index (χ1v) is 6.76. The summed E-state index contributed by atoms with van der Waals surface area (Å²) < 4.78 is 5.57. The van der Waals surface area contributed by atoms with Crippen LogP contribution in [0.15, 0.2) is 78.2 Å². The van der Waals surface area contributed by atoms with Crippen molar-refractivity contribution in [2.75, 3.05) is 6.61 Å². The molecule has 0 radical (unpaired) electrons. The Morgan fingerprint density at radius 1 is 0.950 bits per heavy atom. The summed E-state index contributed by atoms with van der Waals surface area (Å²) in [7, 11) is 0. The van der Waals surface area contributed by atoms with Crippen molar-refractivity contribution in [2.24, 2.45) is 0 Å². The molecule has 0 atom stereocenters. The van der Waals surface area contributed by atoms with Crippen molar-refractivity contribution in [3.8, 4) is 0 Å². The van der Waals surface area contributed by atoms with Crippen molar-refractivity contribution in [3.05, 3.63) is 89.4 Å². The predicted octanol–water partition coefficient (Wildman–Crippen LogP) is 4.93. The minimum Gasteiger partial charge on any atom is -0.486 e. The van der Waals surface area contributed by atoms with Crippen LogP contribution in [0.3, 0.4) is 0 Å². The van der Waals surface area contributed by atoms with Crippen molar-refractivity contribution in [1.29, 1.82) is 0 Å². The maximum Gasteiger partial charge on any atom is 0.162 e. The van der Waals surface area contributed by atoms with Gasteiger partial charge in [-0.15, -0.1) is 0 Å². The van der Waals surface area contributed by atoms with Crippen LogP contribution < -0.4 is 0 Å². The van der Waals surface area contributed by atoms with E-state index in [2.05, 4.69) is 17.9 Å². The lowest BCUT2D eigenvalue weighted by atomic mass is 10.2. The largest absolute Gasteiger partial charge is 0.486 e. The summed E-state index contributed by atoms with van der Waals surface area (Å²) in [5.41, 5.74) is 5.44. The van der Waals surface area contributed by atoms with Gasteiger partial charge in [0, 0.05) is 0 Å². The topological polar surface area (TPSA) is 9.23 Å². The Kier molecular flexibility index (Phi) is 5.45. The third-order valence-electron chi connectivity index (χ3n) is 2.71. The molecule has 0 aliphatic carbocycles. The zero-order valence-electron chi connectivity index (χ0n) is 11.6. The molecule has 2 aromatic carbocycles. The lowest BCUT2D eigenvalue weighted by Gasteiger charge is -2.00. The standard InChI is InChI=1S/C19H18O/c1-2-20-19(15-13-17-9-5-3-6-10-17)16-14-18-11-7-4-8-12-18/h3-15H,2H2,1H3. The molecule has 0 bridgehead atoms. The Bertz CT molecular complexity index is 603. The van der Waals surface area contributed by atoms with E-state index < -0.39 is 0 Å². The molecule has 0 saturated carbocycles. The van der Waals surface area contributed by atoms with E-state index in [9.17, 15) is 0 Å². The molecule has 1 nitrogen and oxygen atoms in total. The van der Waals surface area contributed by atoms with Gasteiger partial charge in [-0.2, -0.15) is 0 Å². The van der Waals surface area contributed by atoms with Gasteiger partial charge in [0.1, 0.15) is 0 Å². The second-order valence-corrected chi connectivity index (χ2v) is 4.24. The number of allylic oxidation sites excluding steroid dienone is 1. The first-order valence-electron chi connectivity index (χ1n) is 6.76. The van der Waals surface area contributed by atoms with E-state index in [0.717, 1.165) is 16.9 Å². The minimum atomic E-state index is 0.629. The van der Waals surface area contributed by atoms with Crippen molar-refractivity contribution in [2.45, 2.75) is 6.92 Å². The molecule has 1 heteroatoms. The SMILES string of the molecule is CCOC(=C=Cc1ccccc1)C=Cc1ccccc1. The highest BCUT2D eigenvalue weighted by molar-refractivity contribution is 5.54. The second-order valence-electron chi connectivity index (χ2n) is 4.24. The van der Waals surface area contributed by atoms with E-state index in [1.165, 1.54) is 0 Å². The smallest absolute Gasteiger partial charge is 0.162 e. The van der Waals surface area contributed by atoms with Crippen molar-refractivity contribution >= 4 is 12.2 Å². The van der Waals surface area contributed by atoms with E-state index in [1.807, 2.05) is 73.7 Å². The summed E-state index contributed by atoms with van der Waals surface area (Å²) in [5.74, 6) is 0.736. The Hall–Kier alpha value is -2.50. The van der Waals surface area contributed by atoms with Crippen molar-refractivity contribution in [3.63, 3.8) is 0 Å². The zero-order chi connectivity index (χ0) is 14.0. The van der Waals surface area contributed by atoms with Crippen LogP contribution >= 0.6 is 0 Å². The quantitative estimate of drug-likeness (QED) is 0.421. The maximum atomic E-state index is 5.57. The van der Waals surface area contributed by atoms with Crippen LogP contribution in [-0.4, -0.2) is 6.61 Å². The first-order chi connectivity index (χ1) is 9.88. The molecule has 2 aromatic rings. The average Bonchev–Trinajstić information content (AvgIpc) is 2.52. The van der Waals surface area contributed by atoms with E-state index in [-0.39, 0.29) is 0 Å². The van der Waals surface area contributed by atoms with Gasteiger partial charge in [-0.3, -0.25) is 0 Å². The van der Waals surface area contributed by atoms with Gasteiger partial charge in [-0.05, 0) is 30.2 Å². The normalized spacial score (nSPS) is 10.1. The van der Waals surface area contributed by atoms with Crippen LogP contribution in [0.4, 0.5) is 0 Å². The molecule has 0 fully saturated rings. The van der Waals surface area contributed by atoms with Gasteiger partial charge in [-0.1, -0.05) is 72.5 Å². The first kappa shape index (κ1) is 13.9. The number of benzene rings is 2. The van der Waals surface area contributed by atoms with Gasteiger partial charge in [0.2, 0.25) is 0 Å². The highest BCUT2D eigenvalue weighted by atomic mass is 16.5. The average molecular weight is 262 g/mol. The predicted molar refractivity (Wildman–Crippen MR) is 85.0 cm³/mol. The molecule has 0 spiro atoms. The Balaban J connectivity index is 2.19. The molecule has 100 valence electrons. The fourth-order valence-corrected chi connectivity index (χ4v) is 1.73. The molecule has 0 aromatic heterocycles. The zero-order valence-corrected chi connectivity index (χ0v) is 11.6. The summed E-state index contributed by atoms with van der Waals surface area (Å²) in [5, 5.41) is 0. The van der Waals surface area contributed by atoms with Crippen LogP contribution in [0, 0.1) is 0 Å². The van der Waals surface area contributed by atoms with Crippen LogP contribution in [0.1, 0.15) is 18.1 Å². The van der Waals surface area contributed by atoms with E-state index in [0.29, 0.717) is 6.61 Å². The lowest BCUT2D eigenvalue weighted by Crippen LogP contribution is -1.86. The minimum absolute atomic E-state index is 0.629. The highest BCUT2D eigenvalue weighted by Gasteiger charge is 1.90. The summed E-state index contributed by atoms with van der Waals surface area (Å²) in [4.78, 5) is 0. The Morgan fingerprint density at radius 2 is 1.55 bits per heavy atom. The molecule has 0 heterocycles. The molecule has 2 rings (SSSR count). The van der Waals surface area contributed by atoms with E-state index in [1.54, 1.807) is 0 Å². The van der Waals surface area contributed by atoms with Crippen LogP contribution in [0.2, 0.25) is 0 Å². The third-order valence-corrected chi connectivity index (χ3v) is 2.71. The van der Waals surface area contributed by atoms with Crippen LogP contribution in [0.25, 0.3) is 12.2 Å². The van der Waals surface area contributed by atoms with Gasteiger partial charge in [-0.25, -0.2) is 0 Å². The maximum absolute atomic E-state index is 5.57. The highest BCUT2D eigenvalue weighted by Crippen LogP contribution is 2.07. The van der Waals surface area contributed by atoms with Gasteiger partial charge < -0.3 is 4.74 Å². The van der Waals surface area contributed by atoms with Crippen LogP contribution in [-0.2, 0) is 4.74 Å². The summed E-state index contributed by atoms with van der Waals surface area (Å²) in [6.45, 7) is 2.60. The third kappa shape index (κ3) is 4.64. The molecular formula is C19H18O. The molecule has 0 N–H and O–H groups in total.